The average molecular weight is 300 g/mol. The Kier molecular flexibility index (Phi) is 4.01. The van der Waals surface area contributed by atoms with Crippen LogP contribution in [0.15, 0.2) is 36.7 Å². The number of carbonyl (C=O) groups is 1. The molecule has 1 aromatic heterocycles. The molecule has 112 valence electrons. The Morgan fingerprint density at radius 2 is 2.00 bits per heavy atom. The molecule has 2 rings (SSSR count). The van der Waals surface area contributed by atoms with Crippen molar-refractivity contribution in [2.24, 2.45) is 0 Å². The van der Waals surface area contributed by atoms with Crippen molar-refractivity contribution in [2.75, 3.05) is 11.1 Å². The summed E-state index contributed by atoms with van der Waals surface area (Å²) in [6.45, 7) is -0.0575. The maximum Gasteiger partial charge on any atom is 0.573 e. The van der Waals surface area contributed by atoms with Crippen molar-refractivity contribution < 1.29 is 22.7 Å². The standard InChI is InChI=1S/C12H11F3N4O2/c13-12(14,15)21-10-3-1-9(2-4-10)18-11(20)7-19-6-8(16)5-17-19/h1-6H,7,16H2,(H,18,20). The first kappa shape index (κ1) is 14.7. The fourth-order valence-corrected chi connectivity index (χ4v) is 1.55. The molecule has 0 aliphatic heterocycles. The molecule has 0 saturated heterocycles. The van der Waals surface area contributed by atoms with Gasteiger partial charge in [0.2, 0.25) is 5.91 Å². The van der Waals surface area contributed by atoms with E-state index < -0.39 is 6.36 Å². The Bertz CT molecular complexity index is 622. The fourth-order valence-electron chi connectivity index (χ4n) is 1.55. The molecular weight excluding hydrogens is 289 g/mol. The average Bonchev–Trinajstić information content (AvgIpc) is 2.75. The molecule has 21 heavy (non-hydrogen) atoms. The van der Waals surface area contributed by atoms with E-state index in [4.69, 9.17) is 5.73 Å². The van der Waals surface area contributed by atoms with Gasteiger partial charge in [0.1, 0.15) is 12.3 Å². The van der Waals surface area contributed by atoms with Crippen LogP contribution in [0.3, 0.4) is 0 Å². The van der Waals surface area contributed by atoms with E-state index in [0.717, 1.165) is 12.1 Å². The van der Waals surface area contributed by atoms with Crippen molar-refractivity contribution in [2.45, 2.75) is 12.9 Å². The van der Waals surface area contributed by atoms with Crippen LogP contribution in [0.25, 0.3) is 0 Å². The molecule has 0 spiro atoms. The van der Waals surface area contributed by atoms with Crippen LogP contribution in [-0.4, -0.2) is 22.1 Å². The summed E-state index contributed by atoms with van der Waals surface area (Å²) in [5.74, 6) is -0.747. The molecule has 0 radical (unpaired) electrons. The number of nitrogen functional groups attached to an aromatic ring is 1. The van der Waals surface area contributed by atoms with Crippen LogP contribution in [-0.2, 0) is 11.3 Å². The van der Waals surface area contributed by atoms with Gasteiger partial charge in [-0.15, -0.1) is 13.2 Å². The van der Waals surface area contributed by atoms with Gasteiger partial charge in [-0.05, 0) is 24.3 Å². The second-order valence-corrected chi connectivity index (χ2v) is 4.09. The lowest BCUT2D eigenvalue weighted by Gasteiger charge is -2.10. The Morgan fingerprint density at radius 1 is 1.33 bits per heavy atom. The number of hydrogen-bond acceptors (Lipinski definition) is 4. The highest BCUT2D eigenvalue weighted by atomic mass is 19.4. The number of alkyl halides is 3. The number of ether oxygens (including phenoxy) is 1. The zero-order chi connectivity index (χ0) is 15.5. The third-order valence-electron chi connectivity index (χ3n) is 2.33. The molecule has 0 atom stereocenters. The maximum atomic E-state index is 12.0. The van der Waals surface area contributed by atoms with Gasteiger partial charge in [0, 0.05) is 11.9 Å². The third-order valence-corrected chi connectivity index (χ3v) is 2.33. The summed E-state index contributed by atoms with van der Waals surface area (Å²) in [4.78, 5) is 11.7. The van der Waals surface area contributed by atoms with E-state index in [2.05, 4.69) is 15.2 Å². The molecular formula is C12H11F3N4O2. The SMILES string of the molecule is Nc1cnn(CC(=O)Nc2ccc(OC(F)(F)F)cc2)c1. The summed E-state index contributed by atoms with van der Waals surface area (Å²) < 4.78 is 41.0. The van der Waals surface area contributed by atoms with E-state index in [-0.39, 0.29) is 18.2 Å². The lowest BCUT2D eigenvalue weighted by molar-refractivity contribution is -0.274. The van der Waals surface area contributed by atoms with Gasteiger partial charge in [-0.1, -0.05) is 0 Å². The normalized spacial score (nSPS) is 11.2. The van der Waals surface area contributed by atoms with E-state index >= 15 is 0 Å². The Labute approximate surface area is 117 Å². The Balaban J connectivity index is 1.92. The number of anilines is 2. The van der Waals surface area contributed by atoms with Gasteiger partial charge in [0.25, 0.3) is 0 Å². The fraction of sp³-hybridized carbons (Fsp3) is 0.167. The van der Waals surface area contributed by atoms with Gasteiger partial charge in [-0.3, -0.25) is 9.48 Å². The molecule has 3 N–H and O–H groups in total. The van der Waals surface area contributed by atoms with Crippen molar-refractivity contribution >= 4 is 17.3 Å². The summed E-state index contributed by atoms with van der Waals surface area (Å²) in [6, 6.07) is 4.82. The van der Waals surface area contributed by atoms with Crippen LogP contribution in [0.4, 0.5) is 24.5 Å². The number of halogens is 3. The first-order valence-electron chi connectivity index (χ1n) is 5.75. The van der Waals surface area contributed by atoms with E-state index in [1.54, 1.807) is 0 Å². The predicted molar refractivity (Wildman–Crippen MR) is 68.4 cm³/mol. The molecule has 0 aliphatic rings. The zero-order valence-corrected chi connectivity index (χ0v) is 10.6. The van der Waals surface area contributed by atoms with Crippen LogP contribution in [0.5, 0.6) is 5.75 Å². The lowest BCUT2D eigenvalue weighted by Crippen LogP contribution is -2.19. The largest absolute Gasteiger partial charge is 0.573 e. The van der Waals surface area contributed by atoms with Crippen LogP contribution in [0, 0.1) is 0 Å². The molecule has 1 amide bonds. The summed E-state index contributed by atoms with van der Waals surface area (Å²) in [5.41, 5.74) is 6.22. The number of nitrogens with two attached hydrogens (primary N) is 1. The highest BCUT2D eigenvalue weighted by Crippen LogP contribution is 2.23. The zero-order valence-electron chi connectivity index (χ0n) is 10.6. The smallest absolute Gasteiger partial charge is 0.406 e. The minimum atomic E-state index is -4.75. The number of nitrogens with zero attached hydrogens (tertiary/aromatic N) is 2. The second-order valence-electron chi connectivity index (χ2n) is 4.09. The molecule has 0 aliphatic carbocycles. The van der Waals surface area contributed by atoms with Crippen LogP contribution >= 0.6 is 0 Å². The van der Waals surface area contributed by atoms with Crippen LogP contribution in [0.2, 0.25) is 0 Å². The number of hydrogen-bond donors (Lipinski definition) is 2. The molecule has 0 fully saturated rings. The van der Waals surface area contributed by atoms with Crippen LogP contribution < -0.4 is 15.8 Å². The van der Waals surface area contributed by atoms with Gasteiger partial charge in [-0.2, -0.15) is 5.10 Å². The molecule has 1 aromatic carbocycles. The predicted octanol–water partition coefficient (Wildman–Crippen LogP) is 2.00. The lowest BCUT2D eigenvalue weighted by atomic mass is 10.3. The van der Waals surface area contributed by atoms with Crippen molar-refractivity contribution in [3.05, 3.63) is 36.7 Å². The molecule has 6 nitrogen and oxygen atoms in total. The van der Waals surface area contributed by atoms with Gasteiger partial charge >= 0.3 is 6.36 Å². The molecule has 9 heteroatoms. The molecule has 2 aromatic rings. The van der Waals surface area contributed by atoms with Crippen LogP contribution in [0.1, 0.15) is 0 Å². The van der Waals surface area contributed by atoms with Gasteiger partial charge in [0.15, 0.2) is 0 Å². The number of rotatable bonds is 4. The second kappa shape index (κ2) is 5.73. The quantitative estimate of drug-likeness (QED) is 0.905. The molecule has 0 bridgehead atoms. The Morgan fingerprint density at radius 3 is 2.52 bits per heavy atom. The van der Waals surface area contributed by atoms with E-state index in [9.17, 15) is 18.0 Å². The van der Waals surface area contributed by atoms with E-state index in [1.807, 2.05) is 0 Å². The summed E-state index contributed by atoms with van der Waals surface area (Å²) >= 11 is 0. The Hall–Kier alpha value is -2.71. The summed E-state index contributed by atoms with van der Waals surface area (Å²) in [7, 11) is 0. The van der Waals surface area contributed by atoms with Crippen molar-refractivity contribution in [3.63, 3.8) is 0 Å². The van der Waals surface area contributed by atoms with Crippen molar-refractivity contribution in [1.82, 2.24) is 9.78 Å². The van der Waals surface area contributed by atoms with Gasteiger partial charge in [0.05, 0.1) is 11.9 Å². The number of nitrogens with one attached hydrogen (secondary N) is 1. The highest BCUT2D eigenvalue weighted by Gasteiger charge is 2.30. The number of carbonyl (C=O) groups excluding carboxylic acids is 1. The molecule has 0 unspecified atom stereocenters. The summed E-state index contributed by atoms with van der Waals surface area (Å²) in [5, 5.41) is 6.35. The van der Waals surface area contributed by atoms with Crippen molar-refractivity contribution in [3.8, 4) is 5.75 Å². The van der Waals surface area contributed by atoms with Gasteiger partial charge < -0.3 is 15.8 Å². The molecule has 1 heterocycles. The summed E-state index contributed by atoms with van der Waals surface area (Å²) in [6.07, 6.45) is -1.86. The topological polar surface area (TPSA) is 82.2 Å². The van der Waals surface area contributed by atoms with Gasteiger partial charge in [-0.25, -0.2) is 0 Å². The number of benzene rings is 1. The number of aromatic nitrogens is 2. The van der Waals surface area contributed by atoms with E-state index in [0.29, 0.717) is 11.4 Å². The first-order valence-corrected chi connectivity index (χ1v) is 5.75. The van der Waals surface area contributed by atoms with Crippen molar-refractivity contribution in [1.29, 1.82) is 0 Å². The monoisotopic (exact) mass is 300 g/mol. The minimum absolute atomic E-state index is 0.0575. The molecule has 0 saturated carbocycles. The third kappa shape index (κ3) is 4.71. The maximum absolute atomic E-state index is 12.0. The van der Waals surface area contributed by atoms with E-state index in [1.165, 1.54) is 29.2 Å². The first-order chi connectivity index (χ1) is 9.82. The number of amides is 1. The highest BCUT2D eigenvalue weighted by molar-refractivity contribution is 5.90. The minimum Gasteiger partial charge on any atom is -0.406 e.